The van der Waals surface area contributed by atoms with Crippen LogP contribution in [0, 0.1) is 10.1 Å². The summed E-state index contributed by atoms with van der Waals surface area (Å²) < 4.78 is 5.83. The molecular formula is C18H17Cl2N3O4. The van der Waals surface area contributed by atoms with Crippen LogP contribution in [0.25, 0.3) is 0 Å². The van der Waals surface area contributed by atoms with Crippen molar-refractivity contribution >= 4 is 34.8 Å². The topological polar surface area (TPSA) is 94.4 Å². The highest BCUT2D eigenvalue weighted by Crippen LogP contribution is 2.25. The van der Waals surface area contributed by atoms with Crippen molar-refractivity contribution in [2.45, 2.75) is 37.8 Å². The maximum atomic E-state index is 12.4. The number of aromatic nitrogens is 1. The van der Waals surface area contributed by atoms with E-state index < -0.39 is 10.8 Å². The van der Waals surface area contributed by atoms with Crippen LogP contribution in [-0.2, 0) is 0 Å². The van der Waals surface area contributed by atoms with Gasteiger partial charge in [0.1, 0.15) is 6.10 Å². The van der Waals surface area contributed by atoms with Crippen molar-refractivity contribution in [1.29, 1.82) is 0 Å². The van der Waals surface area contributed by atoms with Crippen molar-refractivity contribution in [1.82, 2.24) is 10.3 Å². The van der Waals surface area contributed by atoms with E-state index in [9.17, 15) is 14.9 Å². The van der Waals surface area contributed by atoms with Crippen LogP contribution in [0.3, 0.4) is 0 Å². The predicted molar refractivity (Wildman–Crippen MR) is 101 cm³/mol. The lowest BCUT2D eigenvalue weighted by atomic mass is 9.92. The van der Waals surface area contributed by atoms with Crippen molar-refractivity contribution in [2.75, 3.05) is 0 Å². The molecule has 27 heavy (non-hydrogen) atoms. The van der Waals surface area contributed by atoms with E-state index in [2.05, 4.69) is 10.3 Å². The number of ether oxygens (including phenoxy) is 1. The SMILES string of the molecule is O=C(NC1CCC(Oc2ccc(Cl)cn2)CC1)c1cc([N+](=O)[O-])ccc1Cl. The number of non-ortho nitro benzene ring substituents is 1. The van der Waals surface area contributed by atoms with Crippen LogP contribution in [0.1, 0.15) is 36.0 Å². The van der Waals surface area contributed by atoms with Gasteiger partial charge in [-0.05, 0) is 37.8 Å². The van der Waals surface area contributed by atoms with Gasteiger partial charge in [0.15, 0.2) is 0 Å². The van der Waals surface area contributed by atoms with Crippen molar-refractivity contribution < 1.29 is 14.5 Å². The molecule has 1 aliphatic rings. The lowest BCUT2D eigenvalue weighted by Gasteiger charge is -2.29. The number of nitrogens with one attached hydrogen (secondary N) is 1. The van der Waals surface area contributed by atoms with Crippen LogP contribution in [-0.4, -0.2) is 28.0 Å². The van der Waals surface area contributed by atoms with Gasteiger partial charge in [0.25, 0.3) is 11.6 Å². The Kier molecular flexibility index (Phi) is 6.13. The van der Waals surface area contributed by atoms with E-state index in [0.717, 1.165) is 25.7 Å². The van der Waals surface area contributed by atoms with Crippen molar-refractivity contribution in [3.8, 4) is 5.88 Å². The third-order valence-corrected chi connectivity index (χ3v) is 4.96. The average Bonchev–Trinajstić information content (AvgIpc) is 2.65. The van der Waals surface area contributed by atoms with E-state index in [0.29, 0.717) is 10.9 Å². The Hall–Kier alpha value is -2.38. The van der Waals surface area contributed by atoms with Crippen LogP contribution >= 0.6 is 23.2 Å². The number of rotatable bonds is 5. The first-order valence-electron chi connectivity index (χ1n) is 8.45. The number of carbonyl (C=O) groups is 1. The second-order valence-electron chi connectivity index (χ2n) is 6.30. The number of benzene rings is 1. The van der Waals surface area contributed by atoms with Crippen LogP contribution in [0.2, 0.25) is 10.0 Å². The molecule has 0 spiro atoms. The van der Waals surface area contributed by atoms with Crippen LogP contribution < -0.4 is 10.1 Å². The zero-order valence-electron chi connectivity index (χ0n) is 14.2. The number of pyridine rings is 1. The monoisotopic (exact) mass is 409 g/mol. The van der Waals surface area contributed by atoms with Gasteiger partial charge in [-0.3, -0.25) is 14.9 Å². The third-order valence-electron chi connectivity index (χ3n) is 4.40. The molecule has 1 aliphatic carbocycles. The van der Waals surface area contributed by atoms with E-state index >= 15 is 0 Å². The summed E-state index contributed by atoms with van der Waals surface area (Å²) in [6, 6.07) is 7.23. The number of nitro benzene ring substituents is 1. The predicted octanol–water partition coefficient (Wildman–Crippen LogP) is 4.42. The Morgan fingerprint density at radius 1 is 1.19 bits per heavy atom. The molecule has 3 rings (SSSR count). The molecule has 0 saturated heterocycles. The summed E-state index contributed by atoms with van der Waals surface area (Å²) in [5.74, 6) is 0.114. The van der Waals surface area contributed by atoms with Crippen LogP contribution in [0.4, 0.5) is 5.69 Å². The number of amides is 1. The average molecular weight is 410 g/mol. The molecule has 0 unspecified atom stereocenters. The van der Waals surface area contributed by atoms with Gasteiger partial charge in [0, 0.05) is 30.4 Å². The third kappa shape index (κ3) is 5.08. The number of hydrogen-bond acceptors (Lipinski definition) is 5. The molecule has 1 aromatic carbocycles. The molecule has 9 heteroatoms. The van der Waals surface area contributed by atoms with Gasteiger partial charge in [-0.2, -0.15) is 0 Å². The fourth-order valence-corrected chi connectivity index (χ4v) is 3.31. The maximum Gasteiger partial charge on any atom is 0.270 e. The number of hydrogen-bond donors (Lipinski definition) is 1. The Balaban J connectivity index is 1.54. The van der Waals surface area contributed by atoms with E-state index in [1.165, 1.54) is 24.4 Å². The summed E-state index contributed by atoms with van der Waals surface area (Å²) in [6.07, 6.45) is 4.54. The summed E-state index contributed by atoms with van der Waals surface area (Å²) in [4.78, 5) is 26.9. The smallest absolute Gasteiger partial charge is 0.270 e. The quantitative estimate of drug-likeness (QED) is 0.582. The van der Waals surface area contributed by atoms with Crippen LogP contribution in [0.5, 0.6) is 5.88 Å². The van der Waals surface area contributed by atoms with E-state index in [1.807, 2.05) is 0 Å². The molecule has 7 nitrogen and oxygen atoms in total. The number of halogens is 2. The Morgan fingerprint density at radius 3 is 2.56 bits per heavy atom. The van der Waals surface area contributed by atoms with E-state index in [1.54, 1.807) is 12.1 Å². The number of nitrogens with zero attached hydrogens (tertiary/aromatic N) is 2. The van der Waals surface area contributed by atoms with Crippen molar-refractivity contribution in [3.05, 3.63) is 62.3 Å². The standard InChI is InChI=1S/C18H17Cl2N3O4/c19-11-1-8-17(21-10-11)27-14-5-2-12(3-6-14)22-18(24)15-9-13(23(25)26)4-7-16(15)20/h1,4,7-10,12,14H,2-3,5-6H2,(H,22,24). The molecule has 1 saturated carbocycles. The molecule has 1 fully saturated rings. The van der Waals surface area contributed by atoms with E-state index in [-0.39, 0.29) is 28.4 Å². The molecular weight excluding hydrogens is 393 g/mol. The van der Waals surface area contributed by atoms with Gasteiger partial charge < -0.3 is 10.1 Å². The molecule has 2 aromatic rings. The lowest BCUT2D eigenvalue weighted by Crippen LogP contribution is -2.39. The highest BCUT2D eigenvalue weighted by atomic mass is 35.5. The minimum absolute atomic E-state index is 0.0215. The van der Waals surface area contributed by atoms with Gasteiger partial charge >= 0.3 is 0 Å². The van der Waals surface area contributed by atoms with Gasteiger partial charge in [0.2, 0.25) is 5.88 Å². The molecule has 1 N–H and O–H groups in total. The molecule has 1 aromatic heterocycles. The minimum Gasteiger partial charge on any atom is -0.474 e. The minimum atomic E-state index is -0.555. The van der Waals surface area contributed by atoms with Crippen molar-refractivity contribution in [3.63, 3.8) is 0 Å². The Labute approximate surface area is 165 Å². The van der Waals surface area contributed by atoms with Gasteiger partial charge in [-0.1, -0.05) is 23.2 Å². The fourth-order valence-electron chi connectivity index (χ4n) is 2.99. The molecule has 1 heterocycles. The summed E-state index contributed by atoms with van der Waals surface area (Å²) in [7, 11) is 0. The zero-order chi connectivity index (χ0) is 19.4. The van der Waals surface area contributed by atoms with Crippen LogP contribution in [0.15, 0.2) is 36.5 Å². The summed E-state index contributed by atoms with van der Waals surface area (Å²) in [5.41, 5.74) is -0.0632. The molecule has 0 aliphatic heterocycles. The summed E-state index contributed by atoms with van der Waals surface area (Å²) in [5, 5.41) is 14.5. The molecule has 142 valence electrons. The molecule has 0 bridgehead atoms. The molecule has 1 amide bonds. The number of carbonyl (C=O) groups excluding carboxylic acids is 1. The largest absolute Gasteiger partial charge is 0.474 e. The second-order valence-corrected chi connectivity index (χ2v) is 7.14. The fraction of sp³-hybridized carbons (Fsp3) is 0.333. The summed E-state index contributed by atoms with van der Waals surface area (Å²) in [6.45, 7) is 0. The van der Waals surface area contributed by atoms with E-state index in [4.69, 9.17) is 27.9 Å². The zero-order valence-corrected chi connectivity index (χ0v) is 15.7. The number of nitro groups is 1. The normalized spacial score (nSPS) is 19.3. The van der Waals surface area contributed by atoms with Crippen molar-refractivity contribution in [2.24, 2.45) is 0 Å². The van der Waals surface area contributed by atoms with Gasteiger partial charge in [-0.25, -0.2) is 4.98 Å². The second kappa shape index (κ2) is 8.54. The first kappa shape index (κ1) is 19.4. The maximum absolute atomic E-state index is 12.4. The summed E-state index contributed by atoms with van der Waals surface area (Å²) >= 11 is 11.8. The molecule has 0 atom stereocenters. The lowest BCUT2D eigenvalue weighted by molar-refractivity contribution is -0.384. The first-order chi connectivity index (χ1) is 12.9. The Bertz CT molecular complexity index is 837. The Morgan fingerprint density at radius 2 is 1.93 bits per heavy atom. The van der Waals surface area contributed by atoms with Gasteiger partial charge in [0.05, 0.1) is 20.5 Å². The first-order valence-corrected chi connectivity index (χ1v) is 9.21. The van der Waals surface area contributed by atoms with Gasteiger partial charge in [-0.15, -0.1) is 0 Å². The molecule has 0 radical (unpaired) electrons. The highest BCUT2D eigenvalue weighted by molar-refractivity contribution is 6.34. The highest BCUT2D eigenvalue weighted by Gasteiger charge is 2.25.